The number of amides is 1. The summed E-state index contributed by atoms with van der Waals surface area (Å²) in [5, 5.41) is 0.0171. The minimum Gasteiger partial charge on any atom is -0.368 e. The maximum absolute atomic E-state index is 12.8. The van der Waals surface area contributed by atoms with Crippen molar-refractivity contribution >= 4 is 35.3 Å². The van der Waals surface area contributed by atoms with E-state index >= 15 is 0 Å². The van der Waals surface area contributed by atoms with Crippen molar-refractivity contribution in [1.82, 2.24) is 15.0 Å². The van der Waals surface area contributed by atoms with E-state index in [0.717, 1.165) is 25.1 Å². The van der Waals surface area contributed by atoms with Gasteiger partial charge in [-0.1, -0.05) is 30.0 Å². The molecule has 120 valence electrons. The van der Waals surface area contributed by atoms with Crippen molar-refractivity contribution in [2.75, 3.05) is 22.9 Å². The number of hydrogen-bond donors (Lipinski definition) is 2. The lowest BCUT2D eigenvalue weighted by molar-refractivity contribution is -0.117. The van der Waals surface area contributed by atoms with Crippen molar-refractivity contribution in [2.45, 2.75) is 30.2 Å². The Morgan fingerprint density at radius 2 is 1.91 bits per heavy atom. The first-order chi connectivity index (χ1) is 11.0. The summed E-state index contributed by atoms with van der Waals surface area (Å²) in [7, 11) is 0. The highest BCUT2D eigenvalue weighted by Gasteiger charge is 2.27. The largest absolute Gasteiger partial charge is 0.368 e. The van der Waals surface area contributed by atoms with Crippen LogP contribution in [0.5, 0.6) is 0 Å². The normalized spacial score (nSPS) is 15.1. The molecule has 0 saturated heterocycles. The minimum absolute atomic E-state index is 0.0275. The summed E-state index contributed by atoms with van der Waals surface area (Å²) in [6.07, 6.45) is 1.97. The van der Waals surface area contributed by atoms with Gasteiger partial charge in [-0.25, -0.2) is 0 Å². The van der Waals surface area contributed by atoms with Crippen molar-refractivity contribution < 1.29 is 4.79 Å². The molecular weight excluding hydrogens is 312 g/mol. The van der Waals surface area contributed by atoms with Crippen molar-refractivity contribution in [3.8, 4) is 0 Å². The number of thioether (sulfide) groups is 1. The molecule has 7 nitrogen and oxygen atoms in total. The number of benzene rings is 1. The van der Waals surface area contributed by atoms with Gasteiger partial charge in [-0.05, 0) is 31.4 Å². The summed E-state index contributed by atoms with van der Waals surface area (Å²) in [5.74, 6) is 0.144. The third-order valence-corrected chi connectivity index (χ3v) is 4.60. The number of aryl methyl sites for hydroxylation is 1. The zero-order valence-corrected chi connectivity index (χ0v) is 13.6. The number of rotatable bonds is 3. The first-order valence-corrected chi connectivity index (χ1v) is 8.25. The van der Waals surface area contributed by atoms with Crippen LogP contribution in [0.2, 0.25) is 0 Å². The fourth-order valence-electron chi connectivity index (χ4n) is 2.63. The Hall–Kier alpha value is -2.35. The Morgan fingerprint density at radius 1 is 1.22 bits per heavy atom. The molecule has 0 spiro atoms. The summed E-state index contributed by atoms with van der Waals surface area (Å²) < 4.78 is 0. The van der Waals surface area contributed by atoms with Crippen molar-refractivity contribution in [3.63, 3.8) is 0 Å². The molecule has 1 amide bonds. The van der Waals surface area contributed by atoms with Crippen molar-refractivity contribution in [2.24, 2.45) is 0 Å². The lowest BCUT2D eigenvalue weighted by Crippen LogP contribution is -2.40. The number of para-hydroxylation sites is 1. The van der Waals surface area contributed by atoms with Gasteiger partial charge in [0.05, 0.1) is 5.25 Å². The van der Waals surface area contributed by atoms with E-state index in [9.17, 15) is 4.79 Å². The number of anilines is 3. The maximum Gasteiger partial charge on any atom is 0.240 e. The first kappa shape index (κ1) is 15.5. The van der Waals surface area contributed by atoms with Crippen LogP contribution >= 0.6 is 11.8 Å². The number of carbonyl (C=O) groups is 1. The molecule has 8 heteroatoms. The monoisotopic (exact) mass is 330 g/mol. The summed E-state index contributed by atoms with van der Waals surface area (Å²) in [6.45, 7) is 2.56. The molecule has 2 heterocycles. The molecule has 0 radical (unpaired) electrons. The predicted molar refractivity (Wildman–Crippen MR) is 91.1 cm³/mol. The third kappa shape index (κ3) is 3.37. The van der Waals surface area contributed by atoms with Gasteiger partial charge in [0.15, 0.2) is 5.16 Å². The van der Waals surface area contributed by atoms with Crippen LogP contribution in [0.4, 0.5) is 17.6 Å². The number of nitrogens with zero attached hydrogens (tertiary/aromatic N) is 4. The zero-order chi connectivity index (χ0) is 16.4. The molecule has 1 aliphatic heterocycles. The summed E-state index contributed by atoms with van der Waals surface area (Å²) in [5.41, 5.74) is 13.3. The molecule has 0 fully saturated rings. The Kier molecular flexibility index (Phi) is 4.33. The number of hydrogen-bond acceptors (Lipinski definition) is 7. The van der Waals surface area contributed by atoms with Crippen LogP contribution < -0.4 is 16.4 Å². The Labute approximate surface area is 138 Å². The highest BCUT2D eigenvalue weighted by atomic mass is 32.2. The SMILES string of the molecule is C[C@H](Sc1nc(N)nc(N)n1)C(=O)N1CCCc2ccccc21. The van der Waals surface area contributed by atoms with E-state index < -0.39 is 0 Å². The van der Waals surface area contributed by atoms with Gasteiger partial charge in [0.2, 0.25) is 17.8 Å². The van der Waals surface area contributed by atoms with Crippen LogP contribution in [-0.4, -0.2) is 32.7 Å². The van der Waals surface area contributed by atoms with Gasteiger partial charge in [0, 0.05) is 12.2 Å². The number of aromatic nitrogens is 3. The molecule has 0 unspecified atom stereocenters. The smallest absolute Gasteiger partial charge is 0.240 e. The highest BCUT2D eigenvalue weighted by Crippen LogP contribution is 2.30. The maximum atomic E-state index is 12.8. The lowest BCUT2D eigenvalue weighted by Gasteiger charge is -2.31. The fourth-order valence-corrected chi connectivity index (χ4v) is 3.47. The van der Waals surface area contributed by atoms with Gasteiger partial charge >= 0.3 is 0 Å². The van der Waals surface area contributed by atoms with Gasteiger partial charge in [-0.3, -0.25) is 4.79 Å². The molecule has 23 heavy (non-hydrogen) atoms. The van der Waals surface area contributed by atoms with E-state index in [1.54, 1.807) is 0 Å². The zero-order valence-electron chi connectivity index (χ0n) is 12.8. The van der Waals surface area contributed by atoms with Gasteiger partial charge in [-0.2, -0.15) is 15.0 Å². The van der Waals surface area contributed by atoms with E-state index in [1.807, 2.05) is 30.0 Å². The predicted octanol–water partition coefficient (Wildman–Crippen LogP) is 1.50. The van der Waals surface area contributed by atoms with E-state index in [4.69, 9.17) is 11.5 Å². The van der Waals surface area contributed by atoms with E-state index in [1.165, 1.54) is 17.3 Å². The van der Waals surface area contributed by atoms with Crippen LogP contribution in [0.15, 0.2) is 29.4 Å². The quantitative estimate of drug-likeness (QED) is 0.820. The number of fused-ring (bicyclic) bond motifs is 1. The van der Waals surface area contributed by atoms with Crippen LogP contribution in [0.3, 0.4) is 0 Å². The molecule has 0 bridgehead atoms. The van der Waals surface area contributed by atoms with E-state index in [-0.39, 0.29) is 23.1 Å². The lowest BCUT2D eigenvalue weighted by atomic mass is 10.0. The number of carbonyl (C=O) groups excluding carboxylic acids is 1. The second kappa shape index (κ2) is 6.41. The van der Waals surface area contributed by atoms with Crippen molar-refractivity contribution in [1.29, 1.82) is 0 Å². The fraction of sp³-hybridized carbons (Fsp3) is 0.333. The molecule has 1 aromatic heterocycles. The second-order valence-corrected chi connectivity index (χ2v) is 6.62. The molecule has 1 aromatic carbocycles. The molecule has 4 N–H and O–H groups in total. The third-order valence-electron chi connectivity index (χ3n) is 3.66. The molecule has 3 rings (SSSR count). The number of nitrogen functional groups attached to an aromatic ring is 2. The standard InChI is InChI=1S/C15H18N6OS/c1-9(23-15-19-13(16)18-14(17)20-15)12(22)21-8-4-6-10-5-2-3-7-11(10)21/h2-3,5,7,9H,4,6,8H2,1H3,(H4,16,17,18,19,20)/t9-/m0/s1. The number of nitrogens with two attached hydrogens (primary N) is 2. The van der Waals surface area contributed by atoms with Crippen LogP contribution in [0.25, 0.3) is 0 Å². The van der Waals surface area contributed by atoms with Gasteiger partial charge in [0.25, 0.3) is 0 Å². The Morgan fingerprint density at radius 3 is 2.65 bits per heavy atom. The first-order valence-electron chi connectivity index (χ1n) is 7.37. The van der Waals surface area contributed by atoms with Gasteiger partial charge < -0.3 is 16.4 Å². The minimum atomic E-state index is -0.345. The van der Waals surface area contributed by atoms with E-state index in [2.05, 4.69) is 21.0 Å². The average Bonchev–Trinajstić information content (AvgIpc) is 2.52. The molecule has 0 aliphatic carbocycles. The molecule has 0 saturated carbocycles. The van der Waals surface area contributed by atoms with Gasteiger partial charge in [0.1, 0.15) is 0 Å². The van der Waals surface area contributed by atoms with Gasteiger partial charge in [-0.15, -0.1) is 0 Å². The molecular formula is C15H18N6OS. The van der Waals surface area contributed by atoms with Crippen LogP contribution in [0, 0.1) is 0 Å². The molecule has 1 aliphatic rings. The molecule has 1 atom stereocenters. The summed E-state index contributed by atoms with van der Waals surface area (Å²) in [6, 6.07) is 8.01. The average molecular weight is 330 g/mol. The Balaban J connectivity index is 1.78. The van der Waals surface area contributed by atoms with Crippen LogP contribution in [-0.2, 0) is 11.2 Å². The molecule has 2 aromatic rings. The topological polar surface area (TPSA) is 111 Å². The van der Waals surface area contributed by atoms with Crippen molar-refractivity contribution in [3.05, 3.63) is 29.8 Å². The Bertz CT molecular complexity index is 717. The second-order valence-electron chi connectivity index (χ2n) is 5.32. The van der Waals surface area contributed by atoms with Crippen LogP contribution in [0.1, 0.15) is 18.9 Å². The summed E-state index contributed by atoms with van der Waals surface area (Å²) in [4.78, 5) is 26.4. The summed E-state index contributed by atoms with van der Waals surface area (Å²) >= 11 is 1.23. The van der Waals surface area contributed by atoms with E-state index in [0.29, 0.717) is 5.16 Å². The highest BCUT2D eigenvalue weighted by molar-refractivity contribution is 8.00.